The highest BCUT2D eigenvalue weighted by molar-refractivity contribution is 5.94. The van der Waals surface area contributed by atoms with Crippen LogP contribution in [0.4, 0.5) is 0 Å². The van der Waals surface area contributed by atoms with Crippen molar-refractivity contribution in [2.75, 3.05) is 19.6 Å². The molecule has 1 saturated heterocycles. The molecule has 1 atom stereocenters. The largest absolute Gasteiger partial charge is 0.333 e. The van der Waals surface area contributed by atoms with Gasteiger partial charge in [0.2, 0.25) is 0 Å². The van der Waals surface area contributed by atoms with Crippen LogP contribution in [0.3, 0.4) is 0 Å². The first-order valence-electron chi connectivity index (χ1n) is 11.3. The van der Waals surface area contributed by atoms with E-state index in [1.165, 1.54) is 10.7 Å². The number of rotatable bonds is 6. The van der Waals surface area contributed by atoms with Crippen LogP contribution in [0.15, 0.2) is 47.4 Å². The maximum Gasteiger partial charge on any atom is 0.271 e. The van der Waals surface area contributed by atoms with E-state index in [-0.39, 0.29) is 17.5 Å². The molecule has 2 N–H and O–H groups in total. The van der Waals surface area contributed by atoms with Gasteiger partial charge >= 0.3 is 0 Å². The standard InChI is InChI=1S/C25H28N6O2/c1-3-4-5-20-16-27-10-11-30(20)25(33)19-7-8-21(28-15-19)22-13-24(32)31(29-22)23-9-6-18(14-26)12-17(23)2/h6-9,12-13,15,20,27,29H,3-5,10-11,16H2,1-2H3. The minimum absolute atomic E-state index is 0.00377. The number of H-pyrrole nitrogens is 1. The van der Waals surface area contributed by atoms with Crippen molar-refractivity contribution in [2.45, 2.75) is 39.2 Å². The lowest BCUT2D eigenvalue weighted by Crippen LogP contribution is -2.53. The molecule has 0 radical (unpaired) electrons. The minimum atomic E-state index is -0.223. The van der Waals surface area contributed by atoms with E-state index < -0.39 is 0 Å². The van der Waals surface area contributed by atoms with E-state index in [1.807, 2.05) is 11.8 Å². The number of amides is 1. The van der Waals surface area contributed by atoms with Crippen LogP contribution < -0.4 is 10.9 Å². The van der Waals surface area contributed by atoms with Gasteiger partial charge in [0.25, 0.3) is 11.5 Å². The zero-order chi connectivity index (χ0) is 23.4. The van der Waals surface area contributed by atoms with Gasteiger partial charge in [0.05, 0.1) is 34.3 Å². The second-order valence-corrected chi connectivity index (χ2v) is 8.39. The average molecular weight is 445 g/mol. The van der Waals surface area contributed by atoms with E-state index >= 15 is 0 Å². The molecule has 1 fully saturated rings. The molecule has 4 rings (SSSR count). The summed E-state index contributed by atoms with van der Waals surface area (Å²) in [4.78, 5) is 32.1. The molecule has 1 unspecified atom stereocenters. The van der Waals surface area contributed by atoms with Crippen molar-refractivity contribution in [3.05, 3.63) is 69.6 Å². The molecule has 8 heteroatoms. The average Bonchev–Trinajstić information content (AvgIpc) is 3.23. The van der Waals surface area contributed by atoms with Crippen molar-refractivity contribution >= 4 is 5.91 Å². The van der Waals surface area contributed by atoms with Crippen LogP contribution in [0, 0.1) is 18.3 Å². The molecule has 1 aliphatic heterocycles. The van der Waals surface area contributed by atoms with Gasteiger partial charge in [0.1, 0.15) is 0 Å². The van der Waals surface area contributed by atoms with Crippen molar-refractivity contribution in [3.8, 4) is 23.1 Å². The summed E-state index contributed by atoms with van der Waals surface area (Å²) in [5.74, 6) is -0.00377. The number of pyridine rings is 1. The molecular weight excluding hydrogens is 416 g/mol. The predicted octanol–water partition coefficient (Wildman–Crippen LogP) is 3.01. The molecule has 0 aliphatic carbocycles. The number of nitrogens with one attached hydrogen (secondary N) is 2. The Morgan fingerprint density at radius 2 is 2.12 bits per heavy atom. The van der Waals surface area contributed by atoms with Crippen molar-refractivity contribution in [2.24, 2.45) is 0 Å². The van der Waals surface area contributed by atoms with Gasteiger partial charge in [0.15, 0.2) is 0 Å². The molecule has 3 aromatic rings. The highest BCUT2D eigenvalue weighted by Gasteiger charge is 2.27. The van der Waals surface area contributed by atoms with Crippen molar-refractivity contribution < 1.29 is 4.79 Å². The van der Waals surface area contributed by atoms with E-state index in [4.69, 9.17) is 5.26 Å². The van der Waals surface area contributed by atoms with E-state index in [2.05, 4.69) is 28.4 Å². The number of carbonyl (C=O) groups is 1. The number of aromatic nitrogens is 3. The number of nitrogens with zero attached hydrogens (tertiary/aromatic N) is 4. The quantitative estimate of drug-likeness (QED) is 0.608. The fourth-order valence-corrected chi connectivity index (χ4v) is 4.25. The third-order valence-electron chi connectivity index (χ3n) is 6.08. The number of aromatic amines is 1. The summed E-state index contributed by atoms with van der Waals surface area (Å²) in [5, 5.41) is 15.5. The predicted molar refractivity (Wildman–Crippen MR) is 126 cm³/mol. The number of carbonyl (C=O) groups excluding carboxylic acids is 1. The number of aryl methyl sites for hydroxylation is 1. The van der Waals surface area contributed by atoms with Crippen LogP contribution in [0.1, 0.15) is 47.7 Å². The molecule has 1 amide bonds. The van der Waals surface area contributed by atoms with Gasteiger partial charge in [-0.3, -0.25) is 19.7 Å². The molecule has 8 nitrogen and oxygen atoms in total. The number of hydrogen-bond acceptors (Lipinski definition) is 5. The van der Waals surface area contributed by atoms with Crippen LogP contribution in [-0.4, -0.2) is 51.2 Å². The van der Waals surface area contributed by atoms with Gasteiger partial charge in [-0.1, -0.05) is 19.8 Å². The summed E-state index contributed by atoms with van der Waals surface area (Å²) < 4.78 is 1.44. The van der Waals surface area contributed by atoms with Crippen molar-refractivity contribution in [1.82, 2.24) is 25.0 Å². The highest BCUT2D eigenvalue weighted by atomic mass is 16.2. The summed E-state index contributed by atoms with van der Waals surface area (Å²) >= 11 is 0. The molecule has 0 saturated carbocycles. The van der Waals surface area contributed by atoms with E-state index in [0.717, 1.165) is 37.9 Å². The van der Waals surface area contributed by atoms with Crippen LogP contribution in [0.5, 0.6) is 0 Å². The molecule has 2 aromatic heterocycles. The maximum atomic E-state index is 13.1. The first-order chi connectivity index (χ1) is 16.0. The first kappa shape index (κ1) is 22.5. The number of piperazine rings is 1. The summed E-state index contributed by atoms with van der Waals surface area (Å²) in [5.41, 5.74) is 3.49. The number of nitriles is 1. The first-order valence-corrected chi connectivity index (χ1v) is 11.3. The maximum absolute atomic E-state index is 13.1. The Balaban J connectivity index is 1.55. The third-order valence-corrected chi connectivity index (χ3v) is 6.08. The molecule has 1 aliphatic rings. The summed E-state index contributed by atoms with van der Waals surface area (Å²) in [7, 11) is 0. The fraction of sp³-hybridized carbons (Fsp3) is 0.360. The molecule has 170 valence electrons. The molecular formula is C25H28N6O2. The SMILES string of the molecule is CCCCC1CNCCN1C(=O)c1ccc(-c2cc(=O)n(-c3ccc(C#N)cc3C)[nH]2)nc1. The molecule has 1 aromatic carbocycles. The Morgan fingerprint density at radius 1 is 1.27 bits per heavy atom. The third kappa shape index (κ3) is 4.73. The van der Waals surface area contributed by atoms with Gasteiger partial charge in [0, 0.05) is 37.9 Å². The molecule has 0 spiro atoms. The zero-order valence-corrected chi connectivity index (χ0v) is 19.0. The highest BCUT2D eigenvalue weighted by Crippen LogP contribution is 2.19. The minimum Gasteiger partial charge on any atom is -0.333 e. The van der Waals surface area contributed by atoms with Gasteiger partial charge in [-0.15, -0.1) is 0 Å². The molecule has 3 heterocycles. The summed E-state index contributed by atoms with van der Waals surface area (Å²) in [6, 6.07) is 12.5. The Kier molecular flexibility index (Phi) is 6.71. The summed E-state index contributed by atoms with van der Waals surface area (Å²) in [6.45, 7) is 6.32. The normalized spacial score (nSPS) is 15.9. The van der Waals surface area contributed by atoms with Gasteiger partial charge in [-0.25, -0.2) is 4.68 Å². The Hall–Kier alpha value is -3.70. The Morgan fingerprint density at radius 3 is 2.82 bits per heavy atom. The Labute approximate surface area is 192 Å². The van der Waals surface area contributed by atoms with E-state index in [9.17, 15) is 9.59 Å². The second-order valence-electron chi connectivity index (χ2n) is 8.39. The van der Waals surface area contributed by atoms with Crippen LogP contribution in [-0.2, 0) is 0 Å². The lowest BCUT2D eigenvalue weighted by Gasteiger charge is -2.36. The molecule has 0 bridgehead atoms. The van der Waals surface area contributed by atoms with Gasteiger partial charge in [-0.2, -0.15) is 5.26 Å². The molecule has 33 heavy (non-hydrogen) atoms. The van der Waals surface area contributed by atoms with Crippen LogP contribution in [0.25, 0.3) is 17.1 Å². The topological polar surface area (TPSA) is 107 Å². The summed E-state index contributed by atoms with van der Waals surface area (Å²) in [6.07, 6.45) is 4.77. The van der Waals surface area contributed by atoms with Crippen molar-refractivity contribution in [1.29, 1.82) is 5.26 Å². The Bertz CT molecular complexity index is 1240. The number of benzene rings is 1. The smallest absolute Gasteiger partial charge is 0.271 e. The van der Waals surface area contributed by atoms with Crippen LogP contribution >= 0.6 is 0 Å². The number of unbranched alkanes of at least 4 members (excludes halogenated alkanes) is 1. The lowest BCUT2D eigenvalue weighted by molar-refractivity contribution is 0.0622. The van der Waals surface area contributed by atoms with Crippen LogP contribution in [0.2, 0.25) is 0 Å². The van der Waals surface area contributed by atoms with Crippen molar-refractivity contribution in [3.63, 3.8) is 0 Å². The van der Waals surface area contributed by atoms with E-state index in [0.29, 0.717) is 34.7 Å². The van der Waals surface area contributed by atoms with Gasteiger partial charge in [-0.05, 0) is 49.2 Å². The number of hydrogen-bond donors (Lipinski definition) is 2. The lowest BCUT2D eigenvalue weighted by atomic mass is 10.0. The second kappa shape index (κ2) is 9.84. The fourth-order valence-electron chi connectivity index (χ4n) is 4.25. The zero-order valence-electron chi connectivity index (χ0n) is 19.0. The van der Waals surface area contributed by atoms with Gasteiger partial charge < -0.3 is 10.2 Å². The van der Waals surface area contributed by atoms with E-state index in [1.54, 1.807) is 36.5 Å². The monoisotopic (exact) mass is 444 g/mol.